The molecule has 0 aliphatic rings. The Kier molecular flexibility index (Phi) is 3.97. The summed E-state index contributed by atoms with van der Waals surface area (Å²) in [6, 6.07) is 3.47. The Morgan fingerprint density at radius 2 is 2.25 bits per heavy atom. The number of hydrogen-bond donors (Lipinski definition) is 1. The molecule has 2 aromatic rings. The smallest absolute Gasteiger partial charge is 0.339 e. The molecular formula is C13H14FN3O3. The molecule has 106 valence electrons. The Morgan fingerprint density at radius 3 is 2.90 bits per heavy atom. The minimum absolute atomic E-state index is 0.0596. The van der Waals surface area contributed by atoms with E-state index in [0.717, 1.165) is 12.1 Å². The van der Waals surface area contributed by atoms with Crippen molar-refractivity contribution in [2.24, 2.45) is 0 Å². The molecule has 1 aromatic carbocycles. The van der Waals surface area contributed by atoms with E-state index in [1.54, 1.807) is 4.68 Å². The summed E-state index contributed by atoms with van der Waals surface area (Å²) in [7, 11) is 0. The molecule has 0 spiro atoms. The van der Waals surface area contributed by atoms with Gasteiger partial charge < -0.3 is 9.84 Å². The highest BCUT2D eigenvalue weighted by atomic mass is 19.1. The average molecular weight is 279 g/mol. The van der Waals surface area contributed by atoms with Gasteiger partial charge in [0.1, 0.15) is 30.1 Å². The van der Waals surface area contributed by atoms with E-state index in [2.05, 4.69) is 10.1 Å². The summed E-state index contributed by atoms with van der Waals surface area (Å²) in [5.74, 6) is -1.21. The summed E-state index contributed by atoms with van der Waals surface area (Å²) in [4.78, 5) is 15.1. The van der Waals surface area contributed by atoms with Crippen LogP contribution in [0.1, 0.15) is 36.1 Å². The molecule has 20 heavy (non-hydrogen) atoms. The van der Waals surface area contributed by atoms with Crippen LogP contribution in [0.2, 0.25) is 0 Å². The summed E-state index contributed by atoms with van der Waals surface area (Å²) >= 11 is 0. The topological polar surface area (TPSA) is 77.2 Å². The van der Waals surface area contributed by atoms with Gasteiger partial charge in [-0.2, -0.15) is 5.10 Å². The standard InChI is InChI=1S/C13H14FN3O3/c1-8(2)17-12(15-7-16-17)6-20-11-4-3-9(14)5-10(11)13(18)19/h3-5,7-8H,6H2,1-2H3,(H,18,19). The van der Waals surface area contributed by atoms with Crippen LogP contribution in [0.25, 0.3) is 0 Å². The van der Waals surface area contributed by atoms with Gasteiger partial charge in [0.25, 0.3) is 0 Å². The number of ether oxygens (including phenoxy) is 1. The third kappa shape index (κ3) is 2.93. The summed E-state index contributed by atoms with van der Waals surface area (Å²) in [5, 5.41) is 13.1. The molecule has 0 unspecified atom stereocenters. The number of halogens is 1. The Hall–Kier alpha value is -2.44. The molecule has 6 nitrogen and oxygen atoms in total. The predicted molar refractivity (Wildman–Crippen MR) is 68.1 cm³/mol. The van der Waals surface area contributed by atoms with Crippen molar-refractivity contribution in [2.75, 3.05) is 0 Å². The molecule has 1 aromatic heterocycles. The van der Waals surface area contributed by atoms with E-state index in [0.29, 0.717) is 5.82 Å². The Bertz CT molecular complexity index is 625. The van der Waals surface area contributed by atoms with E-state index in [1.165, 1.54) is 12.4 Å². The largest absolute Gasteiger partial charge is 0.485 e. The van der Waals surface area contributed by atoms with Gasteiger partial charge in [-0.1, -0.05) is 0 Å². The number of carboxylic acids is 1. The first-order chi connectivity index (χ1) is 9.49. The van der Waals surface area contributed by atoms with Crippen LogP contribution in [0.3, 0.4) is 0 Å². The second kappa shape index (κ2) is 5.68. The zero-order valence-corrected chi connectivity index (χ0v) is 11.1. The fraction of sp³-hybridized carbons (Fsp3) is 0.308. The number of carbonyl (C=O) groups is 1. The van der Waals surface area contributed by atoms with Gasteiger partial charge >= 0.3 is 5.97 Å². The van der Waals surface area contributed by atoms with Crippen LogP contribution in [-0.2, 0) is 6.61 Å². The molecule has 0 amide bonds. The third-order valence-corrected chi connectivity index (χ3v) is 2.67. The van der Waals surface area contributed by atoms with Crippen molar-refractivity contribution < 1.29 is 19.0 Å². The number of hydrogen-bond acceptors (Lipinski definition) is 4. The normalized spacial score (nSPS) is 10.8. The molecule has 0 fully saturated rings. The molecule has 0 bridgehead atoms. The minimum Gasteiger partial charge on any atom is -0.485 e. The van der Waals surface area contributed by atoms with Gasteiger partial charge in [-0.15, -0.1) is 0 Å². The minimum atomic E-state index is -1.25. The van der Waals surface area contributed by atoms with Crippen molar-refractivity contribution in [3.8, 4) is 5.75 Å². The molecule has 0 radical (unpaired) electrons. The molecule has 0 atom stereocenters. The highest BCUT2D eigenvalue weighted by Crippen LogP contribution is 2.21. The molecule has 1 N–H and O–H groups in total. The lowest BCUT2D eigenvalue weighted by molar-refractivity contribution is 0.0691. The molecule has 7 heteroatoms. The third-order valence-electron chi connectivity index (χ3n) is 2.67. The lowest BCUT2D eigenvalue weighted by Gasteiger charge is -2.11. The summed E-state index contributed by atoms with van der Waals surface area (Å²) in [6.45, 7) is 3.95. The second-order valence-electron chi connectivity index (χ2n) is 4.45. The average Bonchev–Trinajstić information content (AvgIpc) is 2.85. The van der Waals surface area contributed by atoms with E-state index >= 15 is 0 Å². The zero-order valence-electron chi connectivity index (χ0n) is 11.1. The van der Waals surface area contributed by atoms with Crippen LogP contribution < -0.4 is 4.74 Å². The van der Waals surface area contributed by atoms with Gasteiger partial charge in [0.05, 0.1) is 0 Å². The van der Waals surface area contributed by atoms with Crippen molar-refractivity contribution in [1.82, 2.24) is 14.8 Å². The van der Waals surface area contributed by atoms with Gasteiger partial charge in [-0.3, -0.25) is 0 Å². The number of nitrogens with zero attached hydrogens (tertiary/aromatic N) is 3. The maximum Gasteiger partial charge on any atom is 0.339 e. The molecule has 1 heterocycles. The SMILES string of the molecule is CC(C)n1ncnc1COc1ccc(F)cc1C(=O)O. The Morgan fingerprint density at radius 1 is 1.50 bits per heavy atom. The number of aromatic carboxylic acids is 1. The summed E-state index contributed by atoms with van der Waals surface area (Å²) in [6.07, 6.45) is 1.40. The molecule has 0 aliphatic heterocycles. The fourth-order valence-electron chi connectivity index (χ4n) is 1.75. The van der Waals surface area contributed by atoms with Gasteiger partial charge in [0.15, 0.2) is 5.82 Å². The first kappa shape index (κ1) is 14.0. The number of rotatable bonds is 5. The monoisotopic (exact) mass is 279 g/mol. The van der Waals surface area contributed by atoms with E-state index in [-0.39, 0.29) is 24.0 Å². The molecule has 0 aliphatic carbocycles. The van der Waals surface area contributed by atoms with Crippen LogP contribution in [0.5, 0.6) is 5.75 Å². The van der Waals surface area contributed by atoms with Gasteiger partial charge in [-0.05, 0) is 32.0 Å². The zero-order chi connectivity index (χ0) is 14.7. The number of carboxylic acid groups (broad SMARTS) is 1. The lowest BCUT2D eigenvalue weighted by Crippen LogP contribution is -2.12. The quantitative estimate of drug-likeness (QED) is 0.908. The predicted octanol–water partition coefficient (Wildman–Crippen LogP) is 2.28. The number of benzene rings is 1. The second-order valence-corrected chi connectivity index (χ2v) is 4.45. The van der Waals surface area contributed by atoms with E-state index in [9.17, 15) is 9.18 Å². The maximum absolute atomic E-state index is 13.0. The summed E-state index contributed by atoms with van der Waals surface area (Å²) in [5.41, 5.74) is -0.222. The Labute approximate surface area is 114 Å². The summed E-state index contributed by atoms with van der Waals surface area (Å²) < 4.78 is 20.1. The lowest BCUT2D eigenvalue weighted by atomic mass is 10.2. The van der Waals surface area contributed by atoms with Crippen molar-refractivity contribution in [3.63, 3.8) is 0 Å². The van der Waals surface area contributed by atoms with E-state index in [1.807, 2.05) is 13.8 Å². The maximum atomic E-state index is 13.0. The van der Waals surface area contributed by atoms with Crippen LogP contribution in [0.4, 0.5) is 4.39 Å². The van der Waals surface area contributed by atoms with Crippen LogP contribution in [-0.4, -0.2) is 25.8 Å². The fourth-order valence-corrected chi connectivity index (χ4v) is 1.75. The number of aromatic nitrogens is 3. The van der Waals surface area contributed by atoms with Crippen LogP contribution in [0.15, 0.2) is 24.5 Å². The van der Waals surface area contributed by atoms with Crippen molar-refractivity contribution in [1.29, 1.82) is 0 Å². The van der Waals surface area contributed by atoms with Crippen LogP contribution in [0, 0.1) is 5.82 Å². The first-order valence-electron chi connectivity index (χ1n) is 6.03. The molecule has 2 rings (SSSR count). The van der Waals surface area contributed by atoms with Gasteiger partial charge in [-0.25, -0.2) is 18.9 Å². The van der Waals surface area contributed by atoms with Gasteiger partial charge in [0.2, 0.25) is 0 Å². The highest BCUT2D eigenvalue weighted by molar-refractivity contribution is 5.90. The van der Waals surface area contributed by atoms with E-state index < -0.39 is 11.8 Å². The van der Waals surface area contributed by atoms with Gasteiger partial charge in [0, 0.05) is 6.04 Å². The van der Waals surface area contributed by atoms with Crippen LogP contribution >= 0.6 is 0 Å². The first-order valence-corrected chi connectivity index (χ1v) is 6.03. The molecule has 0 saturated heterocycles. The molecule has 0 saturated carbocycles. The molecular weight excluding hydrogens is 265 g/mol. The van der Waals surface area contributed by atoms with Crippen molar-refractivity contribution in [3.05, 3.63) is 41.7 Å². The Balaban J connectivity index is 2.19. The van der Waals surface area contributed by atoms with Crippen molar-refractivity contribution in [2.45, 2.75) is 26.5 Å². The highest BCUT2D eigenvalue weighted by Gasteiger charge is 2.14. The van der Waals surface area contributed by atoms with E-state index in [4.69, 9.17) is 9.84 Å². The van der Waals surface area contributed by atoms with Crippen molar-refractivity contribution >= 4 is 5.97 Å².